The van der Waals surface area contributed by atoms with Crippen LogP contribution in [0, 0.1) is 5.92 Å². The summed E-state index contributed by atoms with van der Waals surface area (Å²) in [5.74, 6) is 0.850. The van der Waals surface area contributed by atoms with Gasteiger partial charge in [0.05, 0.1) is 0 Å². The largest absolute Gasteiger partial charge is 0.355 e. The summed E-state index contributed by atoms with van der Waals surface area (Å²) in [6.07, 6.45) is 2.62. The fourth-order valence-electron chi connectivity index (χ4n) is 2.19. The molecule has 1 amide bonds. The molecule has 1 fully saturated rings. The van der Waals surface area contributed by atoms with E-state index in [1.54, 1.807) is 6.92 Å². The van der Waals surface area contributed by atoms with E-state index in [4.69, 9.17) is 0 Å². The van der Waals surface area contributed by atoms with Crippen molar-refractivity contribution in [1.29, 1.82) is 0 Å². The van der Waals surface area contributed by atoms with Gasteiger partial charge in [0.2, 0.25) is 5.91 Å². The monoisotopic (exact) mass is 212 g/mol. The number of amides is 1. The minimum Gasteiger partial charge on any atom is -0.355 e. The van der Waals surface area contributed by atoms with E-state index >= 15 is 0 Å². The van der Waals surface area contributed by atoms with Crippen molar-refractivity contribution in [3.63, 3.8) is 0 Å². The Hall–Kier alpha value is -0.570. The minimum absolute atomic E-state index is 0.0631. The fraction of sp³-hybridized carbons (Fsp3) is 0.917. The number of carbonyl (C=O) groups excluding carboxylic acids is 1. The summed E-state index contributed by atoms with van der Waals surface area (Å²) in [4.78, 5) is 13.4. The molecule has 1 aliphatic rings. The van der Waals surface area contributed by atoms with Gasteiger partial charge in [0.25, 0.3) is 0 Å². The van der Waals surface area contributed by atoms with Crippen molar-refractivity contribution in [3.8, 4) is 0 Å². The summed E-state index contributed by atoms with van der Waals surface area (Å²) in [6.45, 7) is 11.4. The van der Waals surface area contributed by atoms with Crippen LogP contribution in [0.1, 0.15) is 40.5 Å². The van der Waals surface area contributed by atoms with Crippen molar-refractivity contribution >= 4 is 5.91 Å². The molecule has 0 aliphatic carbocycles. The highest BCUT2D eigenvalue weighted by Crippen LogP contribution is 2.23. The maximum Gasteiger partial charge on any atom is 0.216 e. The maximum atomic E-state index is 10.9. The number of carbonyl (C=O) groups is 1. The standard InChI is InChI=1S/C12H24N2O/c1-10-6-5-7-14(8-10)12(3,4)9-13-11(2)15/h10H,5-9H2,1-4H3,(H,13,15). The molecule has 1 aliphatic heterocycles. The first-order valence-electron chi connectivity index (χ1n) is 5.91. The first kappa shape index (κ1) is 12.5. The van der Waals surface area contributed by atoms with E-state index in [1.165, 1.54) is 12.8 Å². The van der Waals surface area contributed by atoms with E-state index < -0.39 is 0 Å². The van der Waals surface area contributed by atoms with E-state index in [0.717, 1.165) is 25.6 Å². The molecule has 1 heterocycles. The van der Waals surface area contributed by atoms with Gasteiger partial charge >= 0.3 is 0 Å². The van der Waals surface area contributed by atoms with E-state index in [0.29, 0.717) is 0 Å². The van der Waals surface area contributed by atoms with Gasteiger partial charge in [-0.05, 0) is 39.2 Å². The normalized spacial score (nSPS) is 23.9. The molecule has 0 saturated carbocycles. The molecule has 3 nitrogen and oxygen atoms in total. The van der Waals surface area contributed by atoms with Gasteiger partial charge in [-0.15, -0.1) is 0 Å². The molecule has 15 heavy (non-hydrogen) atoms. The van der Waals surface area contributed by atoms with Crippen molar-refractivity contribution in [3.05, 3.63) is 0 Å². The van der Waals surface area contributed by atoms with Gasteiger partial charge in [0.15, 0.2) is 0 Å². The molecule has 0 radical (unpaired) electrons. The van der Waals surface area contributed by atoms with Crippen molar-refractivity contribution in [2.45, 2.75) is 46.1 Å². The summed E-state index contributed by atoms with van der Waals surface area (Å²) in [7, 11) is 0. The summed E-state index contributed by atoms with van der Waals surface area (Å²) in [5, 5.41) is 2.92. The van der Waals surface area contributed by atoms with Crippen molar-refractivity contribution in [2.75, 3.05) is 19.6 Å². The zero-order chi connectivity index (χ0) is 11.5. The lowest BCUT2D eigenvalue weighted by atomic mass is 9.93. The van der Waals surface area contributed by atoms with Crippen LogP contribution >= 0.6 is 0 Å². The Morgan fingerprint density at radius 3 is 2.73 bits per heavy atom. The number of hydrogen-bond donors (Lipinski definition) is 1. The fourth-order valence-corrected chi connectivity index (χ4v) is 2.19. The number of nitrogens with one attached hydrogen (secondary N) is 1. The highest BCUT2D eigenvalue weighted by atomic mass is 16.1. The van der Waals surface area contributed by atoms with Crippen LogP contribution in [0.4, 0.5) is 0 Å². The lowest BCUT2D eigenvalue weighted by molar-refractivity contribution is -0.119. The zero-order valence-corrected chi connectivity index (χ0v) is 10.5. The molecule has 1 rings (SSSR count). The molecular formula is C12H24N2O. The zero-order valence-electron chi connectivity index (χ0n) is 10.5. The number of likely N-dealkylation sites (tertiary alicyclic amines) is 1. The van der Waals surface area contributed by atoms with Crippen LogP contribution in [0.2, 0.25) is 0 Å². The topological polar surface area (TPSA) is 32.3 Å². The third-order valence-corrected chi connectivity index (χ3v) is 3.28. The molecule has 0 aromatic carbocycles. The lowest BCUT2D eigenvalue weighted by Crippen LogP contribution is -2.54. The molecule has 3 heteroatoms. The average molecular weight is 212 g/mol. The van der Waals surface area contributed by atoms with Crippen LogP contribution in [0.15, 0.2) is 0 Å². The van der Waals surface area contributed by atoms with Gasteiger partial charge in [0.1, 0.15) is 0 Å². The summed E-state index contributed by atoms with van der Waals surface area (Å²) in [6, 6.07) is 0. The van der Waals surface area contributed by atoms with E-state index in [-0.39, 0.29) is 11.4 Å². The molecule has 0 spiro atoms. The second kappa shape index (κ2) is 4.97. The number of hydrogen-bond acceptors (Lipinski definition) is 2. The smallest absolute Gasteiger partial charge is 0.216 e. The maximum absolute atomic E-state index is 10.9. The third kappa shape index (κ3) is 3.82. The molecule has 1 saturated heterocycles. The molecule has 0 bridgehead atoms. The molecular weight excluding hydrogens is 188 g/mol. The highest BCUT2D eigenvalue weighted by molar-refractivity contribution is 5.72. The van der Waals surface area contributed by atoms with E-state index in [9.17, 15) is 4.79 Å². The van der Waals surface area contributed by atoms with Crippen molar-refractivity contribution < 1.29 is 4.79 Å². The average Bonchev–Trinajstić information content (AvgIpc) is 2.15. The van der Waals surface area contributed by atoms with Crippen molar-refractivity contribution in [2.24, 2.45) is 5.92 Å². The summed E-state index contributed by atoms with van der Waals surface area (Å²) < 4.78 is 0. The molecule has 0 aromatic heterocycles. The van der Waals surface area contributed by atoms with Crippen molar-refractivity contribution in [1.82, 2.24) is 10.2 Å². The van der Waals surface area contributed by atoms with Gasteiger partial charge in [-0.1, -0.05) is 6.92 Å². The van der Waals surface area contributed by atoms with Crippen LogP contribution in [0.5, 0.6) is 0 Å². The van der Waals surface area contributed by atoms with Crippen LogP contribution in [-0.2, 0) is 4.79 Å². The second-order valence-corrected chi connectivity index (χ2v) is 5.42. The highest BCUT2D eigenvalue weighted by Gasteiger charge is 2.29. The summed E-state index contributed by atoms with van der Waals surface area (Å²) in [5.41, 5.74) is 0.0837. The van der Waals surface area contributed by atoms with Gasteiger partial charge in [-0.2, -0.15) is 0 Å². The molecule has 1 atom stereocenters. The minimum atomic E-state index is 0.0631. The van der Waals surface area contributed by atoms with Crippen LogP contribution < -0.4 is 5.32 Å². The molecule has 1 N–H and O–H groups in total. The number of nitrogens with zero attached hydrogens (tertiary/aromatic N) is 1. The van der Waals surface area contributed by atoms with Crippen LogP contribution in [0.25, 0.3) is 0 Å². The lowest BCUT2D eigenvalue weighted by Gasteiger charge is -2.43. The first-order valence-corrected chi connectivity index (χ1v) is 5.91. The molecule has 88 valence electrons. The Morgan fingerprint density at radius 2 is 2.20 bits per heavy atom. The Balaban J connectivity index is 2.47. The van der Waals surface area contributed by atoms with Gasteiger partial charge in [-0.25, -0.2) is 0 Å². The van der Waals surface area contributed by atoms with Gasteiger partial charge < -0.3 is 5.32 Å². The Morgan fingerprint density at radius 1 is 1.53 bits per heavy atom. The van der Waals surface area contributed by atoms with Gasteiger partial charge in [-0.3, -0.25) is 9.69 Å². The molecule has 1 unspecified atom stereocenters. The van der Waals surface area contributed by atoms with E-state index in [2.05, 4.69) is 31.0 Å². The second-order valence-electron chi connectivity index (χ2n) is 5.42. The number of rotatable bonds is 3. The third-order valence-electron chi connectivity index (χ3n) is 3.28. The predicted molar refractivity (Wildman–Crippen MR) is 62.7 cm³/mol. The van der Waals surface area contributed by atoms with Gasteiger partial charge in [0, 0.05) is 25.6 Å². The number of piperidine rings is 1. The summed E-state index contributed by atoms with van der Waals surface area (Å²) >= 11 is 0. The Labute approximate surface area is 93.2 Å². The first-order chi connectivity index (χ1) is 6.92. The SMILES string of the molecule is CC(=O)NCC(C)(C)N1CCCC(C)C1. The van der Waals surface area contributed by atoms with Crippen LogP contribution in [-0.4, -0.2) is 36.0 Å². The predicted octanol–water partition coefficient (Wildman–Crippen LogP) is 1.63. The van der Waals surface area contributed by atoms with E-state index in [1.807, 2.05) is 0 Å². The molecule has 0 aromatic rings. The quantitative estimate of drug-likeness (QED) is 0.771. The Kier molecular flexibility index (Phi) is 4.14. The Bertz CT molecular complexity index is 226. The van der Waals surface area contributed by atoms with Crippen LogP contribution in [0.3, 0.4) is 0 Å².